The van der Waals surface area contributed by atoms with Gasteiger partial charge in [-0.15, -0.1) is 0 Å². The molecule has 1 amide bonds. The fourth-order valence-corrected chi connectivity index (χ4v) is 3.88. The van der Waals surface area contributed by atoms with Gasteiger partial charge in [0.15, 0.2) is 0 Å². The fourth-order valence-electron chi connectivity index (χ4n) is 3.88. The smallest absolute Gasteiger partial charge is 0.255 e. The number of anilines is 5. The van der Waals surface area contributed by atoms with Crippen molar-refractivity contribution < 1.29 is 4.79 Å². The van der Waals surface area contributed by atoms with E-state index in [2.05, 4.69) is 32.0 Å². The van der Waals surface area contributed by atoms with Crippen molar-refractivity contribution in [2.75, 3.05) is 16.0 Å². The lowest BCUT2D eigenvalue weighted by molar-refractivity contribution is 0.102. The first-order valence-electron chi connectivity index (χ1n) is 12.3. The minimum absolute atomic E-state index is 0.196. The van der Waals surface area contributed by atoms with E-state index in [0.29, 0.717) is 11.1 Å². The predicted octanol–water partition coefficient (Wildman–Crippen LogP) is 7.58. The number of aromatic nitrogens is 2. The lowest BCUT2D eigenvalue weighted by Crippen LogP contribution is -2.13. The van der Waals surface area contributed by atoms with Crippen LogP contribution in [0, 0.1) is 18.3 Å². The molecule has 7 heteroatoms. The van der Waals surface area contributed by atoms with E-state index in [9.17, 15) is 10.1 Å². The first kappa shape index (κ1) is 25.9. The van der Waals surface area contributed by atoms with Crippen molar-refractivity contribution in [3.05, 3.63) is 114 Å². The average molecular weight is 501 g/mol. The minimum atomic E-state index is -0.196. The maximum absolute atomic E-state index is 13.0. The van der Waals surface area contributed by atoms with Crippen LogP contribution in [0.5, 0.6) is 0 Å². The summed E-state index contributed by atoms with van der Waals surface area (Å²) in [4.78, 5) is 21.3. The number of pyridine rings is 2. The Morgan fingerprint density at radius 3 is 2.21 bits per heavy atom. The highest BCUT2D eigenvalue weighted by atomic mass is 16.1. The van der Waals surface area contributed by atoms with Crippen molar-refractivity contribution in [3.63, 3.8) is 0 Å². The Morgan fingerprint density at radius 1 is 0.789 bits per heavy atom. The zero-order valence-electron chi connectivity index (χ0n) is 21.5. The second-order valence-electron chi connectivity index (χ2n) is 8.20. The Labute approximate surface area is 222 Å². The molecule has 0 saturated carbocycles. The van der Waals surface area contributed by atoms with E-state index in [4.69, 9.17) is 0 Å². The predicted molar refractivity (Wildman–Crippen MR) is 154 cm³/mol. The highest BCUT2D eigenvalue weighted by Gasteiger charge is 2.11. The summed E-state index contributed by atoms with van der Waals surface area (Å²) in [6.07, 6.45) is 5.17. The van der Waals surface area contributed by atoms with Crippen LogP contribution in [-0.2, 0) is 0 Å². The van der Waals surface area contributed by atoms with Crippen molar-refractivity contribution in [1.29, 1.82) is 5.26 Å². The van der Waals surface area contributed by atoms with Crippen molar-refractivity contribution in [3.8, 4) is 6.07 Å². The van der Waals surface area contributed by atoms with Crippen LogP contribution in [0.25, 0.3) is 10.9 Å². The summed E-state index contributed by atoms with van der Waals surface area (Å²) in [5.74, 6) is -0.196. The summed E-state index contributed by atoms with van der Waals surface area (Å²) >= 11 is 0. The number of rotatable bonds is 6. The number of fused-ring (bicyclic) bond motifs is 1. The molecule has 2 heterocycles. The quantitative estimate of drug-likeness (QED) is 0.222. The van der Waals surface area contributed by atoms with Crippen molar-refractivity contribution in [2.45, 2.75) is 20.8 Å². The van der Waals surface area contributed by atoms with E-state index in [1.165, 1.54) is 0 Å². The molecule has 0 unspecified atom stereocenters. The molecule has 0 atom stereocenters. The number of nitrogens with zero attached hydrogens (tertiary/aromatic N) is 3. The van der Waals surface area contributed by atoms with Gasteiger partial charge in [-0.1, -0.05) is 19.9 Å². The van der Waals surface area contributed by atoms with Crippen LogP contribution in [0.4, 0.5) is 28.4 Å². The van der Waals surface area contributed by atoms with Gasteiger partial charge in [0.25, 0.3) is 5.91 Å². The van der Waals surface area contributed by atoms with Gasteiger partial charge in [-0.05, 0) is 85.3 Å². The molecule has 0 fully saturated rings. The highest BCUT2D eigenvalue weighted by Crippen LogP contribution is 2.28. The fraction of sp³-hybridized carbons (Fsp3) is 0.0968. The molecule has 3 N–H and O–H groups in total. The van der Waals surface area contributed by atoms with Crippen LogP contribution in [0.1, 0.15) is 35.3 Å². The van der Waals surface area contributed by atoms with E-state index in [-0.39, 0.29) is 5.91 Å². The third-order valence-corrected chi connectivity index (χ3v) is 5.84. The van der Waals surface area contributed by atoms with E-state index < -0.39 is 0 Å². The van der Waals surface area contributed by atoms with Crippen LogP contribution in [-0.4, -0.2) is 15.9 Å². The maximum atomic E-state index is 13.0. The largest absolute Gasteiger partial charge is 0.355 e. The van der Waals surface area contributed by atoms with Gasteiger partial charge in [-0.25, -0.2) is 0 Å². The summed E-state index contributed by atoms with van der Waals surface area (Å²) in [5, 5.41) is 19.8. The molecule has 0 aliphatic carbocycles. The molecule has 5 rings (SSSR count). The Balaban J connectivity index is 0.00000164. The third-order valence-electron chi connectivity index (χ3n) is 5.84. The Kier molecular flexibility index (Phi) is 8.27. The number of hydrogen-bond donors (Lipinski definition) is 3. The van der Waals surface area contributed by atoms with Crippen LogP contribution in [0.2, 0.25) is 0 Å². The molecule has 3 aromatic carbocycles. The van der Waals surface area contributed by atoms with Crippen LogP contribution in [0.3, 0.4) is 0 Å². The van der Waals surface area contributed by atoms with Crippen LogP contribution >= 0.6 is 0 Å². The van der Waals surface area contributed by atoms with Gasteiger partial charge in [-0.3, -0.25) is 14.8 Å². The zero-order valence-corrected chi connectivity index (χ0v) is 21.5. The molecule has 2 aromatic heterocycles. The number of nitriles is 1. The number of benzene rings is 3. The van der Waals surface area contributed by atoms with Crippen LogP contribution in [0.15, 0.2) is 97.5 Å². The summed E-state index contributed by atoms with van der Waals surface area (Å²) in [6.45, 7) is 5.96. The maximum Gasteiger partial charge on any atom is 0.255 e. The topological polar surface area (TPSA) is 103 Å². The first-order chi connectivity index (χ1) is 18.6. The number of amides is 1. The molecule has 0 saturated heterocycles. The molecule has 0 aliphatic rings. The Bertz CT molecular complexity index is 1590. The number of carbonyl (C=O) groups excluding carboxylic acids is 1. The zero-order chi connectivity index (χ0) is 26.9. The Morgan fingerprint density at radius 2 is 1.47 bits per heavy atom. The summed E-state index contributed by atoms with van der Waals surface area (Å²) in [5.41, 5.74) is 7.06. The van der Waals surface area contributed by atoms with E-state index in [1.54, 1.807) is 36.8 Å². The van der Waals surface area contributed by atoms with E-state index in [1.807, 2.05) is 81.4 Å². The van der Waals surface area contributed by atoms with Gasteiger partial charge in [0.2, 0.25) is 0 Å². The molecular formula is C31H28N6O. The number of carbonyl (C=O) groups is 1. The number of hydrogen-bond acceptors (Lipinski definition) is 6. The van der Waals surface area contributed by atoms with Crippen LogP contribution < -0.4 is 16.0 Å². The first-order valence-corrected chi connectivity index (χ1v) is 12.3. The van der Waals surface area contributed by atoms with Crippen molar-refractivity contribution in [2.24, 2.45) is 0 Å². The lowest BCUT2D eigenvalue weighted by atomic mass is 10.1. The molecule has 7 nitrogen and oxygen atoms in total. The minimum Gasteiger partial charge on any atom is -0.355 e. The van der Waals surface area contributed by atoms with Gasteiger partial charge < -0.3 is 16.0 Å². The van der Waals surface area contributed by atoms with E-state index >= 15 is 0 Å². The molecule has 0 aliphatic heterocycles. The van der Waals surface area contributed by atoms with Gasteiger partial charge in [0.1, 0.15) is 0 Å². The van der Waals surface area contributed by atoms with Gasteiger partial charge in [0, 0.05) is 58.0 Å². The summed E-state index contributed by atoms with van der Waals surface area (Å²) < 4.78 is 0. The SMILES string of the molecule is CC.Cc1c(NC(=O)c2ccc(Nc3ccnc4ccc(C#N)cc34)cc2)cccc1Nc1ccncc1. The monoisotopic (exact) mass is 500 g/mol. The molecular weight excluding hydrogens is 472 g/mol. The summed E-state index contributed by atoms with van der Waals surface area (Å²) in [6, 6.07) is 26.2. The normalized spacial score (nSPS) is 10.1. The highest BCUT2D eigenvalue weighted by molar-refractivity contribution is 6.05. The second-order valence-corrected chi connectivity index (χ2v) is 8.20. The molecule has 5 aromatic rings. The molecule has 0 radical (unpaired) electrons. The lowest BCUT2D eigenvalue weighted by Gasteiger charge is -2.14. The van der Waals surface area contributed by atoms with Crippen molar-refractivity contribution >= 4 is 45.2 Å². The molecule has 0 bridgehead atoms. The molecule has 38 heavy (non-hydrogen) atoms. The van der Waals surface area contributed by atoms with Gasteiger partial charge in [0.05, 0.1) is 17.1 Å². The average Bonchev–Trinajstić information content (AvgIpc) is 2.97. The summed E-state index contributed by atoms with van der Waals surface area (Å²) in [7, 11) is 0. The van der Waals surface area contributed by atoms with Gasteiger partial charge >= 0.3 is 0 Å². The second kappa shape index (κ2) is 12.2. The van der Waals surface area contributed by atoms with E-state index in [0.717, 1.165) is 44.9 Å². The Hall–Kier alpha value is -5.22. The third kappa shape index (κ3) is 5.94. The number of nitrogens with one attached hydrogen (secondary N) is 3. The molecule has 0 spiro atoms. The standard InChI is InChI=1S/C29H22N6O.C2H6/c1-19-25(33-23-11-14-31-15-12-23)3-2-4-26(19)35-29(36)21-6-8-22(9-7-21)34-28-13-16-32-27-10-5-20(18-30)17-24(27)28;1-2/h2-17H,1H3,(H,31,33)(H,32,34)(H,35,36);1-2H3. The van der Waals surface area contributed by atoms with Gasteiger partial charge in [-0.2, -0.15) is 5.26 Å². The van der Waals surface area contributed by atoms with Crippen molar-refractivity contribution in [1.82, 2.24) is 9.97 Å². The molecule has 188 valence electrons.